The lowest BCUT2D eigenvalue weighted by atomic mass is 9.95. The van der Waals surface area contributed by atoms with Crippen molar-refractivity contribution in [1.29, 1.82) is 0 Å². The highest BCUT2D eigenvalue weighted by Crippen LogP contribution is 2.43. The van der Waals surface area contributed by atoms with Crippen LogP contribution in [0.5, 0.6) is 0 Å². The topological polar surface area (TPSA) is 144 Å². The van der Waals surface area contributed by atoms with E-state index in [0.29, 0.717) is 0 Å². The Bertz CT molecular complexity index is 1330. The van der Waals surface area contributed by atoms with Crippen molar-refractivity contribution in [2.75, 3.05) is 4.90 Å². The van der Waals surface area contributed by atoms with Crippen LogP contribution in [0, 0.1) is 20.2 Å². The number of nitro benzene ring substituents is 2. The van der Waals surface area contributed by atoms with Gasteiger partial charge in [-0.3, -0.25) is 34.7 Å². The van der Waals surface area contributed by atoms with E-state index < -0.39 is 33.3 Å². The van der Waals surface area contributed by atoms with Crippen molar-refractivity contribution in [3.05, 3.63) is 116 Å². The lowest BCUT2D eigenvalue weighted by Gasteiger charge is -2.25. The molecule has 3 aromatic rings. The number of anilines is 1. The van der Waals surface area contributed by atoms with Crippen LogP contribution in [0.4, 0.5) is 17.1 Å². The molecule has 1 atom stereocenters. The number of carbonyl (C=O) groups is 2. The zero-order valence-electron chi connectivity index (χ0n) is 16.8. The number of carbonyl (C=O) groups excluding carboxylic acids is 2. The number of aliphatic hydroxyl groups is 1. The molecule has 0 aromatic heterocycles. The maximum Gasteiger partial charge on any atom is 0.300 e. The Kier molecular flexibility index (Phi) is 5.41. The molecule has 1 amide bonds. The summed E-state index contributed by atoms with van der Waals surface area (Å²) in [7, 11) is 0. The van der Waals surface area contributed by atoms with Crippen molar-refractivity contribution in [3.63, 3.8) is 0 Å². The van der Waals surface area contributed by atoms with Crippen LogP contribution >= 0.6 is 0 Å². The monoisotopic (exact) mass is 445 g/mol. The van der Waals surface area contributed by atoms with E-state index in [1.807, 2.05) is 0 Å². The Balaban J connectivity index is 1.98. The first-order chi connectivity index (χ1) is 15.8. The second-order valence-corrected chi connectivity index (χ2v) is 7.16. The Morgan fingerprint density at radius 1 is 0.818 bits per heavy atom. The molecule has 1 aliphatic heterocycles. The predicted molar refractivity (Wildman–Crippen MR) is 117 cm³/mol. The third-order valence-electron chi connectivity index (χ3n) is 5.21. The second-order valence-electron chi connectivity index (χ2n) is 7.16. The van der Waals surface area contributed by atoms with Gasteiger partial charge < -0.3 is 5.11 Å². The molecule has 1 heterocycles. The molecule has 1 aliphatic rings. The molecular weight excluding hydrogens is 430 g/mol. The highest BCUT2D eigenvalue weighted by molar-refractivity contribution is 6.51. The van der Waals surface area contributed by atoms with Crippen LogP contribution in [0.3, 0.4) is 0 Å². The van der Waals surface area contributed by atoms with Crippen molar-refractivity contribution in [2.24, 2.45) is 0 Å². The number of nitrogens with zero attached hydrogens (tertiary/aromatic N) is 3. The molecule has 0 saturated carbocycles. The number of nitro groups is 2. The number of hydrogen-bond donors (Lipinski definition) is 1. The SMILES string of the molecule is O=C1C(=O)N(c2cccc([N+](=O)[O-])c2)C(c2cccc([N+](=O)[O-])c2)C1=C(O)c1ccccc1. The zero-order valence-corrected chi connectivity index (χ0v) is 16.8. The summed E-state index contributed by atoms with van der Waals surface area (Å²) < 4.78 is 0. The third kappa shape index (κ3) is 3.81. The molecule has 0 aliphatic carbocycles. The van der Waals surface area contributed by atoms with Crippen LogP contribution in [0.15, 0.2) is 84.4 Å². The van der Waals surface area contributed by atoms with E-state index in [1.165, 1.54) is 42.5 Å². The summed E-state index contributed by atoms with van der Waals surface area (Å²) in [4.78, 5) is 48.4. The average Bonchev–Trinajstić information content (AvgIpc) is 3.09. The summed E-state index contributed by atoms with van der Waals surface area (Å²) in [6.07, 6.45) is 0. The molecule has 1 saturated heterocycles. The number of benzene rings is 3. The largest absolute Gasteiger partial charge is 0.507 e. The minimum absolute atomic E-state index is 0.0370. The van der Waals surface area contributed by atoms with E-state index in [2.05, 4.69) is 0 Å². The van der Waals surface area contributed by atoms with Crippen LogP contribution < -0.4 is 4.90 Å². The fourth-order valence-corrected chi connectivity index (χ4v) is 3.73. The van der Waals surface area contributed by atoms with Crippen LogP contribution in [0.2, 0.25) is 0 Å². The number of rotatable bonds is 5. The van der Waals surface area contributed by atoms with E-state index in [4.69, 9.17) is 0 Å². The van der Waals surface area contributed by atoms with E-state index >= 15 is 0 Å². The van der Waals surface area contributed by atoms with Crippen molar-refractivity contribution in [3.8, 4) is 0 Å². The fourth-order valence-electron chi connectivity index (χ4n) is 3.73. The molecule has 0 radical (unpaired) electrons. The van der Waals surface area contributed by atoms with Crippen LogP contribution in [0.25, 0.3) is 5.76 Å². The quantitative estimate of drug-likeness (QED) is 0.204. The summed E-state index contributed by atoms with van der Waals surface area (Å²) >= 11 is 0. The third-order valence-corrected chi connectivity index (χ3v) is 5.21. The van der Waals surface area contributed by atoms with Gasteiger partial charge in [-0.15, -0.1) is 0 Å². The molecule has 10 heteroatoms. The van der Waals surface area contributed by atoms with Gasteiger partial charge in [-0.1, -0.05) is 48.5 Å². The van der Waals surface area contributed by atoms with Crippen LogP contribution in [-0.2, 0) is 9.59 Å². The van der Waals surface area contributed by atoms with Gasteiger partial charge in [0.05, 0.1) is 27.1 Å². The first-order valence-electron chi connectivity index (χ1n) is 9.65. The van der Waals surface area contributed by atoms with Crippen LogP contribution in [0.1, 0.15) is 17.2 Å². The molecule has 33 heavy (non-hydrogen) atoms. The van der Waals surface area contributed by atoms with Gasteiger partial charge in [0.1, 0.15) is 5.76 Å². The summed E-state index contributed by atoms with van der Waals surface area (Å²) in [5, 5.41) is 33.5. The number of ketones is 1. The minimum Gasteiger partial charge on any atom is -0.507 e. The Hall–Kier alpha value is -4.86. The fraction of sp³-hybridized carbons (Fsp3) is 0.0435. The normalized spacial score (nSPS) is 17.2. The second kappa shape index (κ2) is 8.35. The van der Waals surface area contributed by atoms with Gasteiger partial charge in [-0.05, 0) is 11.6 Å². The summed E-state index contributed by atoms with van der Waals surface area (Å²) in [5.74, 6) is -2.50. The standard InChI is InChI=1S/C23H15N3O7/c27-21(14-6-2-1-3-7-14)19-20(15-8-4-10-17(12-15)25(30)31)24(23(29)22(19)28)16-9-5-11-18(13-16)26(32)33/h1-13,20,27H. The molecule has 0 spiro atoms. The maximum absolute atomic E-state index is 13.1. The number of Topliss-reactive ketones (excluding diaryl/α,β-unsaturated/α-hetero) is 1. The lowest BCUT2D eigenvalue weighted by molar-refractivity contribution is -0.385. The molecule has 1 unspecified atom stereocenters. The van der Waals surface area contributed by atoms with Crippen molar-refractivity contribution >= 4 is 34.5 Å². The minimum atomic E-state index is -1.24. The van der Waals surface area contributed by atoms with E-state index in [0.717, 1.165) is 11.0 Å². The van der Waals surface area contributed by atoms with Gasteiger partial charge in [0.25, 0.3) is 23.1 Å². The molecule has 1 N–H and O–H groups in total. The average molecular weight is 445 g/mol. The van der Waals surface area contributed by atoms with Crippen molar-refractivity contribution in [1.82, 2.24) is 0 Å². The van der Waals surface area contributed by atoms with Gasteiger partial charge >= 0.3 is 0 Å². The van der Waals surface area contributed by atoms with Gasteiger partial charge in [0, 0.05) is 29.8 Å². The number of non-ortho nitro benzene ring substituents is 2. The Labute approximate surface area is 186 Å². The highest BCUT2D eigenvalue weighted by Gasteiger charge is 2.47. The van der Waals surface area contributed by atoms with Crippen molar-refractivity contribution < 1.29 is 24.5 Å². The predicted octanol–water partition coefficient (Wildman–Crippen LogP) is 4.13. The number of amides is 1. The molecule has 0 bridgehead atoms. The smallest absolute Gasteiger partial charge is 0.300 e. The molecule has 3 aromatic carbocycles. The summed E-state index contributed by atoms with van der Waals surface area (Å²) in [6.45, 7) is 0. The highest BCUT2D eigenvalue weighted by atomic mass is 16.6. The van der Waals surface area contributed by atoms with E-state index in [1.54, 1.807) is 30.3 Å². The molecular formula is C23H15N3O7. The molecule has 1 fully saturated rings. The zero-order chi connectivity index (χ0) is 23.7. The number of hydrogen-bond acceptors (Lipinski definition) is 7. The Morgan fingerprint density at radius 2 is 1.42 bits per heavy atom. The molecule has 4 rings (SSSR count). The number of aliphatic hydroxyl groups excluding tert-OH is 1. The summed E-state index contributed by atoms with van der Waals surface area (Å²) in [6, 6.07) is 17.2. The first-order valence-corrected chi connectivity index (χ1v) is 9.65. The van der Waals surface area contributed by atoms with Gasteiger partial charge in [-0.2, -0.15) is 0 Å². The van der Waals surface area contributed by atoms with E-state index in [9.17, 15) is 34.9 Å². The molecule has 164 valence electrons. The van der Waals surface area contributed by atoms with Gasteiger partial charge in [-0.25, -0.2) is 0 Å². The van der Waals surface area contributed by atoms with Gasteiger partial charge in [0.15, 0.2) is 0 Å². The summed E-state index contributed by atoms with van der Waals surface area (Å²) in [5.41, 5.74) is -0.377. The maximum atomic E-state index is 13.1. The first kappa shape index (κ1) is 21.4. The van der Waals surface area contributed by atoms with Crippen molar-refractivity contribution in [2.45, 2.75) is 6.04 Å². The van der Waals surface area contributed by atoms with E-state index in [-0.39, 0.29) is 33.8 Å². The Morgan fingerprint density at radius 3 is 2.06 bits per heavy atom. The van der Waals surface area contributed by atoms with Gasteiger partial charge in [0.2, 0.25) is 0 Å². The molecule has 10 nitrogen and oxygen atoms in total. The lowest BCUT2D eigenvalue weighted by Crippen LogP contribution is -2.29. The van der Waals surface area contributed by atoms with Crippen LogP contribution in [-0.4, -0.2) is 26.6 Å².